The summed E-state index contributed by atoms with van der Waals surface area (Å²) in [5.41, 5.74) is 8.44. The number of rotatable bonds is 4. The molecular formula is C15H18N2O3. The van der Waals surface area contributed by atoms with E-state index >= 15 is 0 Å². The van der Waals surface area contributed by atoms with Gasteiger partial charge in [-0.05, 0) is 18.6 Å². The number of nitrogens with zero attached hydrogens (tertiary/aromatic N) is 1. The molecule has 0 aliphatic heterocycles. The minimum absolute atomic E-state index is 0.484. The molecule has 106 valence electrons. The van der Waals surface area contributed by atoms with Gasteiger partial charge in [0.2, 0.25) is 0 Å². The van der Waals surface area contributed by atoms with E-state index in [4.69, 9.17) is 19.9 Å². The van der Waals surface area contributed by atoms with Crippen LogP contribution in [0.3, 0.4) is 0 Å². The van der Waals surface area contributed by atoms with E-state index < -0.39 is 0 Å². The first kappa shape index (κ1) is 14.0. The molecule has 0 radical (unpaired) electrons. The predicted octanol–water partition coefficient (Wildman–Crippen LogP) is 2.67. The summed E-state index contributed by atoms with van der Waals surface area (Å²) in [6.45, 7) is 1.97. The average molecular weight is 274 g/mol. The number of hydrogen-bond donors (Lipinski definition) is 1. The van der Waals surface area contributed by atoms with Crippen molar-refractivity contribution in [1.29, 1.82) is 0 Å². The normalized spacial score (nSPS) is 10.2. The highest BCUT2D eigenvalue weighted by molar-refractivity contribution is 5.80. The highest BCUT2D eigenvalue weighted by Gasteiger charge is 2.17. The molecule has 1 heterocycles. The molecule has 0 spiro atoms. The number of ether oxygens (including phenoxy) is 3. The molecule has 2 aromatic rings. The van der Waals surface area contributed by atoms with Crippen LogP contribution in [-0.4, -0.2) is 26.3 Å². The predicted molar refractivity (Wildman–Crippen MR) is 78.5 cm³/mol. The lowest BCUT2D eigenvalue weighted by molar-refractivity contribution is 0.377. The van der Waals surface area contributed by atoms with Crippen molar-refractivity contribution in [3.8, 4) is 28.4 Å². The van der Waals surface area contributed by atoms with Crippen LogP contribution in [-0.2, 0) is 0 Å². The van der Waals surface area contributed by atoms with Gasteiger partial charge in [0.15, 0.2) is 0 Å². The number of pyridine rings is 1. The summed E-state index contributed by atoms with van der Waals surface area (Å²) in [5, 5.41) is 0. The van der Waals surface area contributed by atoms with E-state index in [1.54, 1.807) is 27.5 Å². The summed E-state index contributed by atoms with van der Waals surface area (Å²) in [6, 6.07) is 5.44. The second-order valence-electron chi connectivity index (χ2n) is 4.33. The molecule has 1 aromatic carbocycles. The Kier molecular flexibility index (Phi) is 3.98. The molecule has 2 N–H and O–H groups in total. The number of nitrogens with two attached hydrogens (primary N) is 1. The number of anilines is 1. The third kappa shape index (κ3) is 2.47. The Hall–Kier alpha value is -2.43. The number of benzene rings is 1. The quantitative estimate of drug-likeness (QED) is 0.928. The first-order valence-electron chi connectivity index (χ1n) is 6.13. The first-order valence-corrected chi connectivity index (χ1v) is 6.13. The first-order chi connectivity index (χ1) is 9.60. The van der Waals surface area contributed by atoms with E-state index in [2.05, 4.69) is 4.98 Å². The average Bonchev–Trinajstić information content (AvgIpc) is 2.46. The molecule has 0 aliphatic rings. The van der Waals surface area contributed by atoms with E-state index in [1.165, 1.54) is 0 Å². The summed E-state index contributed by atoms with van der Waals surface area (Å²) < 4.78 is 16.1. The molecule has 5 heteroatoms. The fraction of sp³-hybridized carbons (Fsp3) is 0.267. The van der Waals surface area contributed by atoms with Gasteiger partial charge in [0.25, 0.3) is 0 Å². The van der Waals surface area contributed by atoms with Crippen molar-refractivity contribution < 1.29 is 14.2 Å². The molecular weight excluding hydrogens is 256 g/mol. The summed E-state index contributed by atoms with van der Waals surface area (Å²) in [6.07, 6.45) is 1.72. The molecule has 5 nitrogen and oxygen atoms in total. The van der Waals surface area contributed by atoms with Crippen molar-refractivity contribution >= 4 is 5.82 Å². The number of aryl methyl sites for hydroxylation is 1. The lowest BCUT2D eigenvalue weighted by Gasteiger charge is -2.16. The molecule has 0 fully saturated rings. The summed E-state index contributed by atoms with van der Waals surface area (Å²) in [7, 11) is 4.82. The smallest absolute Gasteiger partial charge is 0.134 e. The molecule has 0 saturated heterocycles. The molecule has 0 bridgehead atoms. The largest absolute Gasteiger partial charge is 0.496 e. The molecule has 2 rings (SSSR count). The molecule has 0 atom stereocenters. The summed E-state index contributed by atoms with van der Waals surface area (Å²) in [4.78, 5) is 4.15. The number of aromatic nitrogens is 1. The van der Waals surface area contributed by atoms with Crippen molar-refractivity contribution in [3.05, 3.63) is 30.0 Å². The van der Waals surface area contributed by atoms with Gasteiger partial charge in [-0.25, -0.2) is 4.98 Å². The van der Waals surface area contributed by atoms with Crippen molar-refractivity contribution in [2.45, 2.75) is 6.92 Å². The van der Waals surface area contributed by atoms with Gasteiger partial charge in [0, 0.05) is 23.9 Å². The second-order valence-corrected chi connectivity index (χ2v) is 4.33. The highest BCUT2D eigenvalue weighted by Crippen LogP contribution is 2.42. The van der Waals surface area contributed by atoms with Crippen LogP contribution >= 0.6 is 0 Å². The zero-order valence-corrected chi connectivity index (χ0v) is 12.1. The Morgan fingerprint density at radius 2 is 1.55 bits per heavy atom. The third-order valence-corrected chi connectivity index (χ3v) is 3.12. The fourth-order valence-corrected chi connectivity index (χ4v) is 2.11. The van der Waals surface area contributed by atoms with E-state index in [0.29, 0.717) is 23.1 Å². The van der Waals surface area contributed by atoms with Gasteiger partial charge < -0.3 is 19.9 Å². The van der Waals surface area contributed by atoms with E-state index in [-0.39, 0.29) is 0 Å². The Balaban J connectivity index is 2.71. The maximum Gasteiger partial charge on any atom is 0.134 e. The van der Waals surface area contributed by atoms with Crippen LogP contribution in [0.4, 0.5) is 5.82 Å². The molecule has 20 heavy (non-hydrogen) atoms. The Bertz CT molecular complexity index is 602. The van der Waals surface area contributed by atoms with Gasteiger partial charge >= 0.3 is 0 Å². The van der Waals surface area contributed by atoms with E-state index in [9.17, 15) is 0 Å². The monoisotopic (exact) mass is 274 g/mol. The number of hydrogen-bond acceptors (Lipinski definition) is 5. The Morgan fingerprint density at radius 1 is 0.950 bits per heavy atom. The van der Waals surface area contributed by atoms with Crippen molar-refractivity contribution in [2.75, 3.05) is 27.1 Å². The van der Waals surface area contributed by atoms with Gasteiger partial charge in [-0.2, -0.15) is 0 Å². The summed E-state index contributed by atoms with van der Waals surface area (Å²) in [5.74, 6) is 2.48. The lowest BCUT2D eigenvalue weighted by Crippen LogP contribution is -1.98. The van der Waals surface area contributed by atoms with Crippen molar-refractivity contribution in [3.63, 3.8) is 0 Å². The van der Waals surface area contributed by atoms with Crippen molar-refractivity contribution in [2.24, 2.45) is 0 Å². The fourth-order valence-electron chi connectivity index (χ4n) is 2.11. The second kappa shape index (κ2) is 5.69. The van der Waals surface area contributed by atoms with E-state index in [1.807, 2.05) is 25.1 Å². The van der Waals surface area contributed by atoms with Crippen LogP contribution in [0.1, 0.15) is 5.56 Å². The molecule has 0 aliphatic carbocycles. The van der Waals surface area contributed by atoms with Gasteiger partial charge in [-0.15, -0.1) is 0 Å². The maximum absolute atomic E-state index is 5.70. The van der Waals surface area contributed by atoms with Gasteiger partial charge in [0.1, 0.15) is 23.1 Å². The minimum Gasteiger partial charge on any atom is -0.496 e. The van der Waals surface area contributed by atoms with Gasteiger partial charge in [-0.1, -0.05) is 0 Å². The highest BCUT2D eigenvalue weighted by atomic mass is 16.5. The molecule has 0 unspecified atom stereocenters. The zero-order chi connectivity index (χ0) is 14.7. The molecule has 0 saturated carbocycles. The van der Waals surface area contributed by atoms with Crippen LogP contribution in [0.15, 0.2) is 24.4 Å². The number of nitrogen functional groups attached to an aromatic ring is 1. The standard InChI is InChI=1S/C15H18N2O3/c1-9-5-14(16)17-8-11(9)15-12(19-3)6-10(18-2)7-13(15)20-4/h5-8H,1-4H3,(H2,16,17). The van der Waals surface area contributed by atoms with E-state index in [0.717, 1.165) is 16.7 Å². The van der Waals surface area contributed by atoms with Crippen LogP contribution in [0.2, 0.25) is 0 Å². The Morgan fingerprint density at radius 3 is 2.00 bits per heavy atom. The number of methoxy groups -OCH3 is 3. The SMILES string of the molecule is COc1cc(OC)c(-c2cnc(N)cc2C)c(OC)c1. The van der Waals surface area contributed by atoms with Crippen molar-refractivity contribution in [1.82, 2.24) is 4.98 Å². The molecule has 1 aromatic heterocycles. The minimum atomic E-state index is 0.484. The van der Waals surface area contributed by atoms with Gasteiger partial charge in [-0.3, -0.25) is 0 Å². The van der Waals surface area contributed by atoms with Gasteiger partial charge in [0.05, 0.1) is 26.9 Å². The molecule has 0 amide bonds. The Labute approximate surface area is 118 Å². The van der Waals surface area contributed by atoms with Crippen LogP contribution < -0.4 is 19.9 Å². The lowest BCUT2D eigenvalue weighted by atomic mass is 10.0. The third-order valence-electron chi connectivity index (χ3n) is 3.12. The zero-order valence-electron chi connectivity index (χ0n) is 12.1. The van der Waals surface area contributed by atoms with Crippen LogP contribution in [0, 0.1) is 6.92 Å². The summed E-state index contributed by atoms with van der Waals surface area (Å²) >= 11 is 0. The maximum atomic E-state index is 5.70. The topological polar surface area (TPSA) is 66.6 Å². The van der Waals surface area contributed by atoms with Crippen LogP contribution in [0.5, 0.6) is 17.2 Å². The van der Waals surface area contributed by atoms with Crippen LogP contribution in [0.25, 0.3) is 11.1 Å².